The first kappa shape index (κ1) is 20.6. The van der Waals surface area contributed by atoms with Crippen LogP contribution in [0.5, 0.6) is 17.2 Å². The van der Waals surface area contributed by atoms with Gasteiger partial charge in [-0.2, -0.15) is 0 Å². The lowest BCUT2D eigenvalue weighted by Crippen LogP contribution is -2.25. The maximum absolute atomic E-state index is 12.7. The standard InChI is InChI=1S/C23H28N2O4/c1-4-27-20-13-17(14-21(28-5-2)22(20)29-6-3)23(26)24-12-11-16-15-25-19-10-8-7-9-18(16)19/h7-10,13-15,25H,4-6,11-12H2,1-3H3,(H,24,26). The molecule has 0 aliphatic rings. The topological polar surface area (TPSA) is 72.6 Å². The van der Waals surface area contributed by atoms with Crippen molar-refractivity contribution in [3.05, 3.63) is 53.7 Å². The first-order chi connectivity index (χ1) is 14.2. The first-order valence-electron chi connectivity index (χ1n) is 10.1. The molecule has 0 spiro atoms. The number of aromatic nitrogens is 1. The van der Waals surface area contributed by atoms with Crippen molar-refractivity contribution in [1.29, 1.82) is 0 Å². The van der Waals surface area contributed by atoms with Gasteiger partial charge in [0.2, 0.25) is 5.75 Å². The van der Waals surface area contributed by atoms with Gasteiger partial charge in [-0.25, -0.2) is 0 Å². The lowest BCUT2D eigenvalue weighted by Gasteiger charge is -2.17. The first-order valence-corrected chi connectivity index (χ1v) is 10.1. The van der Waals surface area contributed by atoms with E-state index >= 15 is 0 Å². The summed E-state index contributed by atoms with van der Waals surface area (Å²) in [7, 11) is 0. The Morgan fingerprint density at radius 1 is 0.966 bits per heavy atom. The lowest BCUT2D eigenvalue weighted by molar-refractivity contribution is 0.0953. The highest BCUT2D eigenvalue weighted by Crippen LogP contribution is 2.39. The van der Waals surface area contributed by atoms with E-state index in [0.717, 1.165) is 11.9 Å². The van der Waals surface area contributed by atoms with E-state index in [-0.39, 0.29) is 5.91 Å². The van der Waals surface area contributed by atoms with Crippen LogP contribution in [0, 0.1) is 0 Å². The molecule has 6 nitrogen and oxygen atoms in total. The van der Waals surface area contributed by atoms with Gasteiger partial charge in [-0.15, -0.1) is 0 Å². The quantitative estimate of drug-likeness (QED) is 0.535. The molecule has 1 amide bonds. The molecule has 0 saturated heterocycles. The van der Waals surface area contributed by atoms with Crippen molar-refractivity contribution in [2.45, 2.75) is 27.2 Å². The third kappa shape index (κ3) is 4.83. The minimum Gasteiger partial charge on any atom is -0.490 e. The number of carbonyl (C=O) groups excluding carboxylic acids is 1. The highest BCUT2D eigenvalue weighted by atomic mass is 16.5. The maximum Gasteiger partial charge on any atom is 0.251 e. The third-order valence-electron chi connectivity index (χ3n) is 4.53. The zero-order valence-electron chi connectivity index (χ0n) is 17.2. The Morgan fingerprint density at radius 3 is 2.28 bits per heavy atom. The second-order valence-electron chi connectivity index (χ2n) is 6.47. The fourth-order valence-corrected chi connectivity index (χ4v) is 3.27. The van der Waals surface area contributed by atoms with Crippen LogP contribution in [-0.2, 0) is 6.42 Å². The number of aromatic amines is 1. The minimum absolute atomic E-state index is 0.171. The Labute approximate surface area is 171 Å². The number of hydrogen-bond acceptors (Lipinski definition) is 4. The van der Waals surface area contributed by atoms with Gasteiger partial charge >= 0.3 is 0 Å². The van der Waals surface area contributed by atoms with Crippen LogP contribution in [0.4, 0.5) is 0 Å². The van der Waals surface area contributed by atoms with Gasteiger partial charge in [-0.1, -0.05) is 18.2 Å². The van der Waals surface area contributed by atoms with Gasteiger partial charge < -0.3 is 24.5 Å². The average molecular weight is 396 g/mol. The zero-order valence-corrected chi connectivity index (χ0v) is 17.2. The van der Waals surface area contributed by atoms with Crippen LogP contribution in [0.25, 0.3) is 10.9 Å². The summed E-state index contributed by atoms with van der Waals surface area (Å²) in [4.78, 5) is 16.0. The van der Waals surface area contributed by atoms with E-state index in [1.165, 1.54) is 10.9 Å². The van der Waals surface area contributed by atoms with E-state index < -0.39 is 0 Å². The molecule has 3 rings (SSSR count). The molecular weight excluding hydrogens is 368 g/mol. The molecule has 3 aromatic rings. The molecule has 0 unspecified atom stereocenters. The molecule has 0 fully saturated rings. The number of H-pyrrole nitrogens is 1. The van der Waals surface area contributed by atoms with Crippen LogP contribution in [0.2, 0.25) is 0 Å². The van der Waals surface area contributed by atoms with Crippen molar-refractivity contribution in [2.24, 2.45) is 0 Å². The van der Waals surface area contributed by atoms with Crippen LogP contribution in [0.3, 0.4) is 0 Å². The zero-order chi connectivity index (χ0) is 20.6. The molecule has 0 radical (unpaired) electrons. The highest BCUT2D eigenvalue weighted by molar-refractivity contribution is 5.95. The summed E-state index contributed by atoms with van der Waals surface area (Å²) in [5.74, 6) is 1.39. The van der Waals surface area contributed by atoms with E-state index in [9.17, 15) is 4.79 Å². The van der Waals surface area contributed by atoms with E-state index in [4.69, 9.17) is 14.2 Å². The van der Waals surface area contributed by atoms with Crippen molar-refractivity contribution in [3.63, 3.8) is 0 Å². The van der Waals surface area contributed by atoms with E-state index in [1.54, 1.807) is 12.1 Å². The van der Waals surface area contributed by atoms with Crippen molar-refractivity contribution >= 4 is 16.8 Å². The molecule has 2 aromatic carbocycles. The fraction of sp³-hybridized carbons (Fsp3) is 0.348. The lowest BCUT2D eigenvalue weighted by atomic mass is 10.1. The SMILES string of the molecule is CCOc1cc(C(=O)NCCc2c[nH]c3ccccc23)cc(OCC)c1OCC. The van der Waals surface area contributed by atoms with Crippen LogP contribution in [-0.4, -0.2) is 37.3 Å². The number of nitrogens with one attached hydrogen (secondary N) is 2. The van der Waals surface area contributed by atoms with Crippen LogP contribution >= 0.6 is 0 Å². The van der Waals surface area contributed by atoms with Gasteiger partial charge in [0.1, 0.15) is 0 Å². The van der Waals surface area contributed by atoms with Crippen LogP contribution in [0.1, 0.15) is 36.7 Å². The molecule has 0 aliphatic heterocycles. The number of carbonyl (C=O) groups is 1. The predicted molar refractivity (Wildman–Crippen MR) is 114 cm³/mol. The smallest absolute Gasteiger partial charge is 0.251 e. The molecule has 0 saturated carbocycles. The van der Waals surface area contributed by atoms with Crippen LogP contribution in [0.15, 0.2) is 42.6 Å². The number of amides is 1. The number of rotatable bonds is 10. The number of para-hydroxylation sites is 1. The van der Waals surface area contributed by atoms with Gasteiger partial charge in [0.25, 0.3) is 5.91 Å². The Balaban J connectivity index is 1.73. The molecule has 29 heavy (non-hydrogen) atoms. The van der Waals surface area contributed by atoms with E-state index in [2.05, 4.69) is 16.4 Å². The molecule has 1 heterocycles. The Bertz CT molecular complexity index is 937. The molecule has 154 valence electrons. The second kappa shape index (κ2) is 9.87. The average Bonchev–Trinajstić information content (AvgIpc) is 3.13. The summed E-state index contributed by atoms with van der Waals surface area (Å²) in [5.41, 5.74) is 2.76. The summed E-state index contributed by atoms with van der Waals surface area (Å²) in [6, 6.07) is 11.6. The van der Waals surface area contributed by atoms with Gasteiger partial charge in [-0.05, 0) is 51.0 Å². The number of hydrogen-bond donors (Lipinski definition) is 2. The normalized spacial score (nSPS) is 10.7. The summed E-state index contributed by atoms with van der Waals surface area (Å²) in [6.45, 7) is 7.64. The van der Waals surface area contributed by atoms with E-state index in [0.29, 0.717) is 49.2 Å². The maximum atomic E-state index is 12.7. The molecule has 0 bridgehead atoms. The summed E-state index contributed by atoms with van der Waals surface area (Å²) < 4.78 is 17.1. The highest BCUT2D eigenvalue weighted by Gasteiger charge is 2.18. The van der Waals surface area contributed by atoms with Crippen molar-refractivity contribution in [3.8, 4) is 17.2 Å². The van der Waals surface area contributed by atoms with Crippen molar-refractivity contribution < 1.29 is 19.0 Å². The second-order valence-corrected chi connectivity index (χ2v) is 6.47. The third-order valence-corrected chi connectivity index (χ3v) is 4.53. The van der Waals surface area contributed by atoms with Crippen LogP contribution < -0.4 is 19.5 Å². The van der Waals surface area contributed by atoms with Gasteiger partial charge in [0.05, 0.1) is 19.8 Å². The monoisotopic (exact) mass is 396 g/mol. The summed E-state index contributed by atoms with van der Waals surface area (Å²) in [6.07, 6.45) is 2.73. The fourth-order valence-electron chi connectivity index (χ4n) is 3.27. The predicted octanol–water partition coefficient (Wildman–Crippen LogP) is 4.34. The molecule has 2 N–H and O–H groups in total. The largest absolute Gasteiger partial charge is 0.490 e. The number of fused-ring (bicyclic) bond motifs is 1. The Hall–Kier alpha value is -3.15. The van der Waals surface area contributed by atoms with Gasteiger partial charge in [0, 0.05) is 29.2 Å². The molecule has 0 atom stereocenters. The Kier molecular flexibility index (Phi) is 7.00. The molecule has 0 aliphatic carbocycles. The summed E-state index contributed by atoms with van der Waals surface area (Å²) >= 11 is 0. The Morgan fingerprint density at radius 2 is 1.62 bits per heavy atom. The number of ether oxygens (including phenoxy) is 3. The van der Waals surface area contributed by atoms with Gasteiger partial charge in [-0.3, -0.25) is 4.79 Å². The molecule has 1 aromatic heterocycles. The minimum atomic E-state index is -0.171. The van der Waals surface area contributed by atoms with Crippen molar-refractivity contribution in [2.75, 3.05) is 26.4 Å². The molecule has 6 heteroatoms. The van der Waals surface area contributed by atoms with E-state index in [1.807, 2.05) is 45.2 Å². The molecular formula is C23H28N2O4. The summed E-state index contributed by atoms with van der Waals surface area (Å²) in [5, 5.41) is 4.17. The van der Waals surface area contributed by atoms with Crippen molar-refractivity contribution in [1.82, 2.24) is 10.3 Å². The number of benzene rings is 2. The van der Waals surface area contributed by atoms with Gasteiger partial charge in [0.15, 0.2) is 11.5 Å².